The van der Waals surface area contributed by atoms with Crippen molar-refractivity contribution >= 4 is 21.6 Å². The smallest absolute Gasteiger partial charge is 0.243 e. The lowest BCUT2D eigenvalue weighted by Crippen LogP contribution is -2.35. The normalized spacial score (nSPS) is 15.8. The molecule has 3 aromatic rings. The Kier molecular flexibility index (Phi) is 8.67. The number of sulfonamides is 1. The first kappa shape index (κ1) is 28.4. The Morgan fingerprint density at radius 1 is 1.03 bits per heavy atom. The van der Waals surface area contributed by atoms with Crippen LogP contribution in [0.4, 0.5) is 0 Å². The van der Waals surface area contributed by atoms with Crippen LogP contribution >= 0.6 is 11.6 Å². The molecule has 204 valence electrons. The average Bonchev–Trinajstić information content (AvgIpc) is 3.11. The number of hydrogen-bond donors (Lipinski definition) is 0. The molecule has 0 radical (unpaired) electrons. The van der Waals surface area contributed by atoms with Gasteiger partial charge in [-0.05, 0) is 54.1 Å². The molecule has 0 saturated carbocycles. The fourth-order valence-electron chi connectivity index (χ4n) is 4.46. The summed E-state index contributed by atoms with van der Waals surface area (Å²) in [4.78, 5) is 15.0. The van der Waals surface area contributed by atoms with Gasteiger partial charge < -0.3 is 9.15 Å². The van der Waals surface area contributed by atoms with E-state index in [2.05, 4.69) is 37.8 Å². The molecular weight excluding hydrogens is 524 g/mol. The Hall–Kier alpha value is -2.65. The summed E-state index contributed by atoms with van der Waals surface area (Å²) in [6.45, 7) is 10.9. The Morgan fingerprint density at radius 3 is 2.45 bits per heavy atom. The van der Waals surface area contributed by atoms with Gasteiger partial charge in [-0.15, -0.1) is 0 Å². The number of hydrogen-bond acceptors (Lipinski definition) is 6. The van der Waals surface area contributed by atoms with E-state index in [4.69, 9.17) is 20.8 Å². The minimum Gasteiger partial charge on any atom is -0.482 e. The molecule has 0 bridgehead atoms. The van der Waals surface area contributed by atoms with Crippen LogP contribution in [-0.4, -0.2) is 43.8 Å². The number of rotatable bonds is 7. The van der Waals surface area contributed by atoms with Gasteiger partial charge in [0.05, 0.1) is 11.4 Å². The predicted octanol–water partition coefficient (Wildman–Crippen LogP) is 5.37. The molecule has 0 atom stereocenters. The molecule has 2 heterocycles. The molecule has 1 aliphatic heterocycles. The number of benzene rings is 2. The van der Waals surface area contributed by atoms with Crippen molar-refractivity contribution < 1.29 is 17.6 Å². The Balaban J connectivity index is 1.35. The van der Waals surface area contributed by atoms with E-state index in [1.807, 2.05) is 12.1 Å². The third-order valence-electron chi connectivity index (χ3n) is 6.83. The quantitative estimate of drug-likeness (QED) is 0.387. The van der Waals surface area contributed by atoms with Crippen LogP contribution in [0.2, 0.25) is 5.02 Å². The zero-order valence-corrected chi connectivity index (χ0v) is 23.9. The Labute approximate surface area is 230 Å². The predicted molar refractivity (Wildman–Crippen MR) is 149 cm³/mol. The van der Waals surface area contributed by atoms with Gasteiger partial charge in [-0.3, -0.25) is 9.69 Å². The third kappa shape index (κ3) is 6.67. The SMILES string of the molecule is Cc1c(Cl)cccc1S(=O)(=O)N1CCCN(Cc2cc(=O)c(OCc3ccc(C(C)(C)C)cc3)co2)CC1. The summed E-state index contributed by atoms with van der Waals surface area (Å²) >= 11 is 6.16. The van der Waals surface area contributed by atoms with Gasteiger partial charge in [-0.25, -0.2) is 8.42 Å². The van der Waals surface area contributed by atoms with E-state index in [0.717, 1.165) is 5.56 Å². The average molecular weight is 559 g/mol. The molecule has 7 nitrogen and oxygen atoms in total. The molecule has 0 aliphatic carbocycles. The number of nitrogens with zero attached hydrogens (tertiary/aromatic N) is 2. The second-order valence-electron chi connectivity index (χ2n) is 10.7. The van der Waals surface area contributed by atoms with Crippen LogP contribution in [-0.2, 0) is 28.6 Å². The summed E-state index contributed by atoms with van der Waals surface area (Å²) in [5, 5.41) is 0.434. The summed E-state index contributed by atoms with van der Waals surface area (Å²) in [6, 6.07) is 14.6. The highest BCUT2D eigenvalue weighted by Gasteiger charge is 2.29. The van der Waals surface area contributed by atoms with Gasteiger partial charge in [-0.1, -0.05) is 62.7 Å². The van der Waals surface area contributed by atoms with Crippen molar-refractivity contribution in [3.63, 3.8) is 0 Å². The first-order chi connectivity index (χ1) is 17.9. The van der Waals surface area contributed by atoms with Crippen molar-refractivity contribution in [1.29, 1.82) is 0 Å². The van der Waals surface area contributed by atoms with E-state index in [9.17, 15) is 13.2 Å². The molecule has 4 rings (SSSR count). The van der Waals surface area contributed by atoms with Crippen molar-refractivity contribution in [3.05, 3.63) is 92.5 Å². The summed E-state index contributed by atoms with van der Waals surface area (Å²) in [6.07, 6.45) is 2.02. The zero-order chi connectivity index (χ0) is 27.5. The van der Waals surface area contributed by atoms with Crippen molar-refractivity contribution in [1.82, 2.24) is 9.21 Å². The van der Waals surface area contributed by atoms with Crippen LogP contribution in [0, 0.1) is 6.92 Å². The lowest BCUT2D eigenvalue weighted by atomic mass is 9.87. The largest absolute Gasteiger partial charge is 0.482 e. The summed E-state index contributed by atoms with van der Waals surface area (Å²) in [5.74, 6) is 0.678. The van der Waals surface area contributed by atoms with Gasteiger partial charge in [0.25, 0.3) is 0 Å². The van der Waals surface area contributed by atoms with E-state index in [-0.39, 0.29) is 28.1 Å². The van der Waals surface area contributed by atoms with Gasteiger partial charge in [0, 0.05) is 30.7 Å². The highest BCUT2D eigenvalue weighted by atomic mass is 35.5. The molecule has 0 unspecified atom stereocenters. The van der Waals surface area contributed by atoms with E-state index in [0.29, 0.717) is 55.5 Å². The lowest BCUT2D eigenvalue weighted by Gasteiger charge is -2.22. The number of halogens is 1. The molecule has 0 spiro atoms. The van der Waals surface area contributed by atoms with Crippen molar-refractivity contribution in [2.24, 2.45) is 0 Å². The van der Waals surface area contributed by atoms with Gasteiger partial charge in [-0.2, -0.15) is 4.31 Å². The molecule has 1 aromatic heterocycles. The van der Waals surface area contributed by atoms with Gasteiger partial charge in [0.1, 0.15) is 18.6 Å². The molecule has 1 aliphatic rings. The first-order valence-electron chi connectivity index (χ1n) is 12.8. The lowest BCUT2D eigenvalue weighted by molar-refractivity contribution is 0.245. The molecule has 0 amide bonds. The van der Waals surface area contributed by atoms with Crippen LogP contribution < -0.4 is 10.2 Å². The fourth-order valence-corrected chi connectivity index (χ4v) is 6.41. The molecule has 1 saturated heterocycles. The zero-order valence-electron chi connectivity index (χ0n) is 22.4. The second-order valence-corrected chi connectivity index (χ2v) is 13.0. The Morgan fingerprint density at radius 2 is 1.76 bits per heavy atom. The number of ether oxygens (including phenoxy) is 1. The van der Waals surface area contributed by atoms with E-state index in [1.165, 1.54) is 22.2 Å². The minimum atomic E-state index is -3.65. The molecule has 1 fully saturated rings. The summed E-state index contributed by atoms with van der Waals surface area (Å²) in [5.41, 5.74) is 2.59. The monoisotopic (exact) mass is 558 g/mol. The first-order valence-corrected chi connectivity index (χ1v) is 14.6. The van der Waals surface area contributed by atoms with E-state index in [1.54, 1.807) is 25.1 Å². The van der Waals surface area contributed by atoms with Crippen LogP contribution in [0.3, 0.4) is 0 Å². The highest BCUT2D eigenvalue weighted by molar-refractivity contribution is 7.89. The van der Waals surface area contributed by atoms with Crippen molar-refractivity contribution in [2.45, 2.75) is 57.6 Å². The second kappa shape index (κ2) is 11.6. The van der Waals surface area contributed by atoms with Crippen molar-refractivity contribution in [3.8, 4) is 5.75 Å². The van der Waals surface area contributed by atoms with E-state index >= 15 is 0 Å². The van der Waals surface area contributed by atoms with Crippen LogP contribution in [0.1, 0.15) is 49.6 Å². The van der Waals surface area contributed by atoms with E-state index < -0.39 is 10.0 Å². The van der Waals surface area contributed by atoms with Crippen LogP contribution in [0.25, 0.3) is 0 Å². The molecule has 9 heteroatoms. The molecular formula is C29H35ClN2O5S. The van der Waals surface area contributed by atoms with Gasteiger partial charge in [0.15, 0.2) is 0 Å². The van der Waals surface area contributed by atoms with Crippen molar-refractivity contribution in [2.75, 3.05) is 26.2 Å². The topological polar surface area (TPSA) is 80.1 Å². The highest BCUT2D eigenvalue weighted by Crippen LogP contribution is 2.27. The maximum absolute atomic E-state index is 13.3. The van der Waals surface area contributed by atoms with Crippen LogP contribution in [0.5, 0.6) is 5.75 Å². The molecule has 0 N–H and O–H groups in total. The maximum atomic E-state index is 13.3. The third-order valence-corrected chi connectivity index (χ3v) is 9.28. The molecule has 38 heavy (non-hydrogen) atoms. The Bertz CT molecular complexity index is 1430. The summed E-state index contributed by atoms with van der Waals surface area (Å²) < 4.78 is 39.5. The standard InChI is InChI=1S/C29H35ClN2O5S/c1-21-25(30)7-5-8-28(21)38(34,35)32-14-6-13-31(15-16-32)18-24-17-26(33)27(20-36-24)37-19-22-9-11-23(12-10-22)29(2,3)4/h5,7-12,17,20H,6,13-16,18-19H2,1-4H3. The summed E-state index contributed by atoms with van der Waals surface area (Å²) in [7, 11) is -3.65. The minimum absolute atomic E-state index is 0.0748. The molecule has 2 aromatic carbocycles. The fraction of sp³-hybridized carbons (Fsp3) is 0.414. The van der Waals surface area contributed by atoms with Gasteiger partial charge >= 0.3 is 0 Å². The maximum Gasteiger partial charge on any atom is 0.243 e. The van der Waals surface area contributed by atoms with Gasteiger partial charge in [0.2, 0.25) is 21.2 Å². The van der Waals surface area contributed by atoms with Crippen LogP contribution in [0.15, 0.2) is 68.9 Å².